The molecule has 4 rings (SSSR count). The van der Waals surface area contributed by atoms with Gasteiger partial charge < -0.3 is 15.0 Å². The molecule has 1 atom stereocenters. The van der Waals surface area contributed by atoms with E-state index in [1.54, 1.807) is 0 Å². The molecule has 142 valence electrons. The van der Waals surface area contributed by atoms with E-state index >= 15 is 0 Å². The van der Waals surface area contributed by atoms with Crippen LogP contribution >= 0.6 is 0 Å². The van der Waals surface area contributed by atoms with Gasteiger partial charge in [0, 0.05) is 51.9 Å². The zero-order valence-corrected chi connectivity index (χ0v) is 15.7. The number of amides is 1. The summed E-state index contributed by atoms with van der Waals surface area (Å²) >= 11 is 0. The molecule has 0 bridgehead atoms. The summed E-state index contributed by atoms with van der Waals surface area (Å²) in [4.78, 5) is 17.0. The molecule has 0 aromatic heterocycles. The van der Waals surface area contributed by atoms with E-state index in [1.165, 1.54) is 17.5 Å². The minimum absolute atomic E-state index is 0.165. The van der Waals surface area contributed by atoms with Crippen molar-refractivity contribution in [3.8, 4) is 0 Å². The largest absolute Gasteiger partial charge is 0.368 e. The van der Waals surface area contributed by atoms with Crippen LogP contribution < -0.4 is 5.32 Å². The molecule has 0 aliphatic carbocycles. The summed E-state index contributed by atoms with van der Waals surface area (Å²) in [7, 11) is 0. The molecule has 2 saturated heterocycles. The Bertz CT molecular complexity index is 607. The molecule has 1 aromatic rings. The number of fused-ring (bicyclic) bond motifs is 1. The first-order valence-corrected chi connectivity index (χ1v) is 10.2. The summed E-state index contributed by atoms with van der Waals surface area (Å²) in [5.74, 6) is 0.216. The molecule has 26 heavy (non-hydrogen) atoms. The molecule has 0 unspecified atom stereocenters. The maximum atomic E-state index is 12.4. The molecule has 1 aromatic carbocycles. The highest BCUT2D eigenvalue weighted by Crippen LogP contribution is 2.19. The van der Waals surface area contributed by atoms with E-state index in [0.717, 1.165) is 71.6 Å². The van der Waals surface area contributed by atoms with Crippen LogP contribution in [0.25, 0.3) is 0 Å². The van der Waals surface area contributed by atoms with Crippen molar-refractivity contribution in [2.45, 2.75) is 50.8 Å². The standard InChI is InChI=1S/C21H31N3O2/c25-21(20-6-3-15-26-20)24-12-8-19(9-13-24)22-10-14-23-11-7-17-4-1-2-5-18(17)16-23/h1-2,4-5,19-20,22H,3,6-16H2/t20-/m0/s1. The second kappa shape index (κ2) is 8.51. The number of rotatable bonds is 5. The highest BCUT2D eigenvalue weighted by molar-refractivity contribution is 5.81. The van der Waals surface area contributed by atoms with Crippen LogP contribution in [0.3, 0.4) is 0 Å². The molecular formula is C21H31N3O2. The highest BCUT2D eigenvalue weighted by atomic mass is 16.5. The molecule has 5 heteroatoms. The van der Waals surface area contributed by atoms with Crippen molar-refractivity contribution >= 4 is 5.91 Å². The Kier molecular flexibility index (Phi) is 5.88. The lowest BCUT2D eigenvalue weighted by Crippen LogP contribution is -2.49. The summed E-state index contributed by atoms with van der Waals surface area (Å²) in [5.41, 5.74) is 3.00. The molecule has 0 spiro atoms. The van der Waals surface area contributed by atoms with E-state index in [4.69, 9.17) is 4.74 Å². The predicted octanol–water partition coefficient (Wildman–Crippen LogP) is 1.80. The maximum Gasteiger partial charge on any atom is 0.251 e. The van der Waals surface area contributed by atoms with Crippen LogP contribution in [0.5, 0.6) is 0 Å². The van der Waals surface area contributed by atoms with E-state index in [-0.39, 0.29) is 12.0 Å². The lowest BCUT2D eigenvalue weighted by atomic mass is 10.00. The van der Waals surface area contributed by atoms with E-state index < -0.39 is 0 Å². The number of benzene rings is 1. The number of ether oxygens (including phenoxy) is 1. The van der Waals surface area contributed by atoms with E-state index in [1.807, 2.05) is 4.90 Å². The number of nitrogens with one attached hydrogen (secondary N) is 1. The first-order valence-electron chi connectivity index (χ1n) is 10.2. The summed E-state index contributed by atoms with van der Waals surface area (Å²) < 4.78 is 5.54. The second-order valence-electron chi connectivity index (χ2n) is 7.85. The average Bonchev–Trinajstić information content (AvgIpc) is 3.23. The number of hydrogen-bond acceptors (Lipinski definition) is 4. The summed E-state index contributed by atoms with van der Waals surface area (Å²) in [6.45, 7) is 6.85. The summed E-state index contributed by atoms with van der Waals surface area (Å²) in [5, 5.41) is 3.71. The van der Waals surface area contributed by atoms with E-state index in [2.05, 4.69) is 34.5 Å². The van der Waals surface area contributed by atoms with Gasteiger partial charge in [0.05, 0.1) is 0 Å². The molecule has 3 aliphatic heterocycles. The SMILES string of the molecule is O=C([C@@H]1CCCO1)N1CCC(NCCN2CCc3ccccc3C2)CC1. The van der Waals surface area contributed by atoms with Gasteiger partial charge in [-0.3, -0.25) is 9.69 Å². The molecule has 5 nitrogen and oxygen atoms in total. The third kappa shape index (κ3) is 4.27. The predicted molar refractivity (Wildman–Crippen MR) is 102 cm³/mol. The van der Waals surface area contributed by atoms with Crippen molar-refractivity contribution < 1.29 is 9.53 Å². The quantitative estimate of drug-likeness (QED) is 0.873. The molecule has 3 heterocycles. The Morgan fingerprint density at radius 2 is 1.92 bits per heavy atom. The number of nitrogens with zero attached hydrogens (tertiary/aromatic N) is 2. The van der Waals surface area contributed by atoms with Crippen LogP contribution in [0.2, 0.25) is 0 Å². The molecular weight excluding hydrogens is 326 g/mol. The van der Waals surface area contributed by atoms with Gasteiger partial charge in [-0.25, -0.2) is 0 Å². The van der Waals surface area contributed by atoms with Gasteiger partial charge in [0.1, 0.15) is 6.10 Å². The zero-order valence-electron chi connectivity index (χ0n) is 15.7. The Morgan fingerprint density at radius 1 is 1.12 bits per heavy atom. The first kappa shape index (κ1) is 18.0. The number of likely N-dealkylation sites (tertiary alicyclic amines) is 1. The van der Waals surface area contributed by atoms with Crippen LogP contribution in [0.4, 0.5) is 0 Å². The Labute approximate surface area is 156 Å². The van der Waals surface area contributed by atoms with Crippen LogP contribution in [-0.4, -0.2) is 67.2 Å². The van der Waals surface area contributed by atoms with Crippen molar-refractivity contribution in [3.05, 3.63) is 35.4 Å². The Hall–Kier alpha value is -1.43. The van der Waals surface area contributed by atoms with Crippen LogP contribution in [0, 0.1) is 0 Å². The lowest BCUT2D eigenvalue weighted by molar-refractivity contribution is -0.142. The van der Waals surface area contributed by atoms with Crippen LogP contribution in [0.1, 0.15) is 36.8 Å². The van der Waals surface area contributed by atoms with Gasteiger partial charge in [0.25, 0.3) is 5.91 Å². The monoisotopic (exact) mass is 357 g/mol. The lowest BCUT2D eigenvalue weighted by Gasteiger charge is -2.34. The zero-order chi connectivity index (χ0) is 17.8. The Morgan fingerprint density at radius 3 is 2.69 bits per heavy atom. The van der Waals surface area contributed by atoms with Gasteiger partial charge in [-0.05, 0) is 43.2 Å². The molecule has 1 N–H and O–H groups in total. The van der Waals surface area contributed by atoms with Crippen molar-refractivity contribution in [1.82, 2.24) is 15.1 Å². The normalized spacial score (nSPS) is 24.6. The van der Waals surface area contributed by atoms with Gasteiger partial charge in [0.15, 0.2) is 0 Å². The molecule has 0 radical (unpaired) electrons. The number of piperidine rings is 1. The minimum atomic E-state index is -0.165. The van der Waals surface area contributed by atoms with Gasteiger partial charge in [-0.2, -0.15) is 0 Å². The fraction of sp³-hybridized carbons (Fsp3) is 0.667. The highest BCUT2D eigenvalue weighted by Gasteiger charge is 2.30. The average molecular weight is 357 g/mol. The number of carbonyl (C=O) groups is 1. The van der Waals surface area contributed by atoms with Crippen molar-refractivity contribution in [3.63, 3.8) is 0 Å². The minimum Gasteiger partial charge on any atom is -0.368 e. The maximum absolute atomic E-state index is 12.4. The van der Waals surface area contributed by atoms with Crippen molar-refractivity contribution in [1.29, 1.82) is 0 Å². The molecule has 2 fully saturated rings. The van der Waals surface area contributed by atoms with Gasteiger partial charge in [-0.1, -0.05) is 24.3 Å². The summed E-state index contributed by atoms with van der Waals surface area (Å²) in [6, 6.07) is 9.35. The third-order valence-electron chi connectivity index (χ3n) is 6.08. The third-order valence-corrected chi connectivity index (χ3v) is 6.08. The van der Waals surface area contributed by atoms with E-state index in [0.29, 0.717) is 6.04 Å². The van der Waals surface area contributed by atoms with Gasteiger partial charge >= 0.3 is 0 Å². The molecule has 3 aliphatic rings. The van der Waals surface area contributed by atoms with Crippen molar-refractivity contribution in [2.24, 2.45) is 0 Å². The molecule has 0 saturated carbocycles. The van der Waals surface area contributed by atoms with Crippen molar-refractivity contribution in [2.75, 3.05) is 39.3 Å². The number of carbonyl (C=O) groups excluding carboxylic acids is 1. The first-order chi connectivity index (χ1) is 12.8. The van der Waals surface area contributed by atoms with Gasteiger partial charge in [0.2, 0.25) is 0 Å². The number of hydrogen-bond donors (Lipinski definition) is 1. The van der Waals surface area contributed by atoms with Gasteiger partial charge in [-0.15, -0.1) is 0 Å². The molecule has 1 amide bonds. The Balaban J connectivity index is 1.15. The van der Waals surface area contributed by atoms with E-state index in [9.17, 15) is 4.79 Å². The topological polar surface area (TPSA) is 44.8 Å². The smallest absolute Gasteiger partial charge is 0.251 e. The second-order valence-corrected chi connectivity index (χ2v) is 7.85. The van der Waals surface area contributed by atoms with Crippen LogP contribution in [0.15, 0.2) is 24.3 Å². The fourth-order valence-corrected chi connectivity index (χ4v) is 4.45. The fourth-order valence-electron chi connectivity index (χ4n) is 4.45. The van der Waals surface area contributed by atoms with Crippen LogP contribution in [-0.2, 0) is 22.5 Å². The summed E-state index contributed by atoms with van der Waals surface area (Å²) in [6.07, 6.45) is 5.04.